The van der Waals surface area contributed by atoms with Gasteiger partial charge in [-0.15, -0.1) is 5.10 Å². The second-order valence-electron chi connectivity index (χ2n) is 4.98. The quantitative estimate of drug-likeness (QED) is 0.478. The summed E-state index contributed by atoms with van der Waals surface area (Å²) in [4.78, 5) is 7.73. The number of nitrogen functional groups attached to an aromatic ring is 2. The van der Waals surface area contributed by atoms with E-state index in [1.54, 1.807) is 0 Å². The van der Waals surface area contributed by atoms with E-state index in [4.69, 9.17) is 16.2 Å². The largest absolute Gasteiger partial charge is 0.387 e. The number of hydrogen-bond acceptors (Lipinski definition) is 8. The maximum Gasteiger partial charge on any atom is 0.240 e. The Hall–Kier alpha value is -2.04. The summed E-state index contributed by atoms with van der Waals surface area (Å²) in [6, 6.07) is 0. The molecule has 2 fully saturated rings. The molecular formula is C10H11FN6O3. The number of nitrogens with zero attached hydrogens (tertiary/aromatic N) is 4. The molecule has 2 aromatic heterocycles. The van der Waals surface area contributed by atoms with Gasteiger partial charge in [0.05, 0.1) is 11.9 Å². The maximum absolute atomic E-state index is 14.3. The average Bonchev–Trinajstić information content (AvgIpc) is 2.74. The lowest BCUT2D eigenvalue weighted by atomic mass is 10.1. The van der Waals surface area contributed by atoms with Gasteiger partial charge in [-0.3, -0.25) is 0 Å². The first-order valence-corrected chi connectivity index (χ1v) is 5.91. The molecule has 1 saturated carbocycles. The highest BCUT2D eigenvalue weighted by Gasteiger charge is 2.77. The zero-order chi connectivity index (χ0) is 14.2. The molecule has 1 saturated heterocycles. The Balaban J connectivity index is 1.81. The summed E-state index contributed by atoms with van der Waals surface area (Å²) < 4.78 is 20.8. The number of alkyl halides is 1. The van der Waals surface area contributed by atoms with Gasteiger partial charge >= 0.3 is 0 Å². The third-order valence-electron chi connectivity index (χ3n) is 3.83. The van der Waals surface area contributed by atoms with Gasteiger partial charge < -0.3 is 26.4 Å². The molecule has 4 rings (SSSR count). The summed E-state index contributed by atoms with van der Waals surface area (Å²) in [5, 5.41) is 23.2. The molecule has 2 aromatic rings. The fraction of sp³-hybridized carbons (Fsp3) is 0.500. The van der Waals surface area contributed by atoms with Crippen LogP contribution in [0.15, 0.2) is 6.20 Å². The Bertz CT molecular complexity index is 722. The fourth-order valence-corrected chi connectivity index (χ4v) is 2.67. The lowest BCUT2D eigenvalue weighted by molar-refractivity contribution is -0.0320. The van der Waals surface area contributed by atoms with Crippen LogP contribution >= 0.6 is 0 Å². The number of aromatic nitrogens is 4. The first-order valence-electron chi connectivity index (χ1n) is 5.91. The normalized spacial score (nSPS) is 39.1. The van der Waals surface area contributed by atoms with Crippen LogP contribution < -0.4 is 11.5 Å². The minimum atomic E-state index is -1.86. The van der Waals surface area contributed by atoms with Crippen LogP contribution in [0.4, 0.5) is 16.2 Å². The van der Waals surface area contributed by atoms with Crippen molar-refractivity contribution in [2.24, 2.45) is 0 Å². The van der Waals surface area contributed by atoms with Crippen molar-refractivity contribution in [3.05, 3.63) is 11.9 Å². The van der Waals surface area contributed by atoms with Crippen LogP contribution in [0.25, 0.3) is 5.65 Å². The van der Waals surface area contributed by atoms with Gasteiger partial charge in [0.25, 0.3) is 0 Å². The minimum Gasteiger partial charge on any atom is -0.387 e. The van der Waals surface area contributed by atoms with E-state index in [0.717, 1.165) is 0 Å². The summed E-state index contributed by atoms with van der Waals surface area (Å²) in [5.74, 6) is -0.0346. The first-order chi connectivity index (χ1) is 9.44. The molecule has 0 bridgehead atoms. The highest BCUT2D eigenvalue weighted by Crippen LogP contribution is 2.56. The van der Waals surface area contributed by atoms with Crippen molar-refractivity contribution in [3.63, 3.8) is 0 Å². The Labute approximate surface area is 111 Å². The van der Waals surface area contributed by atoms with Crippen LogP contribution in [0.5, 0.6) is 0 Å². The summed E-state index contributed by atoms with van der Waals surface area (Å²) >= 11 is 0. The van der Waals surface area contributed by atoms with Crippen LogP contribution in [0.3, 0.4) is 0 Å². The first kappa shape index (κ1) is 11.8. The number of hydrogen-bond donors (Lipinski definition) is 4. The summed E-state index contributed by atoms with van der Waals surface area (Å²) in [7, 11) is 0. The van der Waals surface area contributed by atoms with E-state index in [9.17, 15) is 14.6 Å². The van der Waals surface area contributed by atoms with Gasteiger partial charge in [0, 0.05) is 0 Å². The second-order valence-corrected chi connectivity index (χ2v) is 4.98. The molecule has 3 heterocycles. The van der Waals surface area contributed by atoms with E-state index >= 15 is 0 Å². The molecule has 106 valence electrons. The van der Waals surface area contributed by atoms with Gasteiger partial charge in [0.1, 0.15) is 18.3 Å². The fourth-order valence-electron chi connectivity index (χ4n) is 2.67. The molecule has 10 heteroatoms. The standard InChI is InChI=1S/C10H11FN6O3/c11-4-3(20-6-5(18)10(4,6)19)2-1-14-8-7(12)15-9(13)16-17(2)8/h1,3-6,18-19H,(H4,12,13,15,16)/t3-,4-,5?,6+,10+/m0/s1. The predicted molar refractivity (Wildman–Crippen MR) is 63.1 cm³/mol. The Morgan fingerprint density at radius 1 is 1.45 bits per heavy atom. The number of aliphatic hydroxyl groups is 2. The summed E-state index contributed by atoms with van der Waals surface area (Å²) in [6.07, 6.45) is -3.71. The molecule has 0 spiro atoms. The second kappa shape index (κ2) is 3.34. The van der Waals surface area contributed by atoms with Crippen molar-refractivity contribution in [2.75, 3.05) is 11.5 Å². The number of ether oxygens (including phenoxy) is 1. The number of fused-ring (bicyclic) bond motifs is 2. The average molecular weight is 282 g/mol. The van der Waals surface area contributed by atoms with E-state index in [2.05, 4.69) is 15.1 Å². The van der Waals surface area contributed by atoms with Crippen molar-refractivity contribution in [1.29, 1.82) is 0 Å². The highest BCUT2D eigenvalue weighted by atomic mass is 19.1. The van der Waals surface area contributed by atoms with Crippen LogP contribution in [0.1, 0.15) is 11.8 Å². The molecule has 0 aromatic carbocycles. The molecule has 0 amide bonds. The zero-order valence-corrected chi connectivity index (χ0v) is 10.0. The van der Waals surface area contributed by atoms with Crippen molar-refractivity contribution in [3.8, 4) is 0 Å². The van der Waals surface area contributed by atoms with Gasteiger partial charge in [0.2, 0.25) is 5.95 Å². The van der Waals surface area contributed by atoms with E-state index in [-0.39, 0.29) is 23.1 Å². The van der Waals surface area contributed by atoms with Gasteiger partial charge in [-0.1, -0.05) is 0 Å². The lowest BCUT2D eigenvalue weighted by Gasteiger charge is -2.18. The molecule has 20 heavy (non-hydrogen) atoms. The van der Waals surface area contributed by atoms with Crippen LogP contribution in [0.2, 0.25) is 0 Å². The van der Waals surface area contributed by atoms with E-state index in [1.807, 2.05) is 0 Å². The molecule has 1 aliphatic carbocycles. The third-order valence-corrected chi connectivity index (χ3v) is 3.83. The van der Waals surface area contributed by atoms with Gasteiger partial charge in [-0.2, -0.15) is 4.98 Å². The number of aliphatic hydroxyl groups excluding tert-OH is 1. The number of anilines is 2. The van der Waals surface area contributed by atoms with Gasteiger partial charge in [0.15, 0.2) is 23.2 Å². The Morgan fingerprint density at radius 2 is 2.20 bits per heavy atom. The number of nitrogens with two attached hydrogens (primary N) is 2. The maximum atomic E-state index is 14.3. The third kappa shape index (κ3) is 1.18. The Kier molecular flexibility index (Phi) is 1.96. The van der Waals surface area contributed by atoms with E-state index in [0.29, 0.717) is 0 Å². The number of imidazole rings is 1. The van der Waals surface area contributed by atoms with Crippen LogP contribution in [-0.2, 0) is 4.74 Å². The monoisotopic (exact) mass is 282 g/mol. The molecule has 5 atom stereocenters. The van der Waals surface area contributed by atoms with Crippen molar-refractivity contribution in [2.45, 2.75) is 30.1 Å². The van der Waals surface area contributed by atoms with Crippen molar-refractivity contribution < 1.29 is 19.3 Å². The molecule has 9 nitrogen and oxygen atoms in total. The Morgan fingerprint density at radius 3 is 2.85 bits per heavy atom. The molecule has 6 N–H and O–H groups in total. The zero-order valence-electron chi connectivity index (χ0n) is 10.0. The van der Waals surface area contributed by atoms with E-state index < -0.39 is 30.1 Å². The van der Waals surface area contributed by atoms with Crippen LogP contribution in [-0.4, -0.2) is 53.8 Å². The molecular weight excluding hydrogens is 271 g/mol. The van der Waals surface area contributed by atoms with Crippen LogP contribution in [0, 0.1) is 0 Å². The SMILES string of the molecule is Nc1nc(N)c2ncc([C@@H]3O[C@@H]4C(O)[C@]4(O)[C@H]3F)n2n1. The van der Waals surface area contributed by atoms with Crippen molar-refractivity contribution >= 4 is 17.4 Å². The number of halogens is 1. The minimum absolute atomic E-state index is 0.0565. The van der Waals surface area contributed by atoms with E-state index in [1.165, 1.54) is 10.7 Å². The lowest BCUT2D eigenvalue weighted by Crippen LogP contribution is -2.31. The predicted octanol–water partition coefficient (Wildman–Crippen LogP) is -1.83. The summed E-state index contributed by atoms with van der Waals surface area (Å²) in [6.45, 7) is 0. The molecule has 1 aliphatic heterocycles. The molecule has 1 unspecified atom stereocenters. The van der Waals surface area contributed by atoms with Crippen molar-refractivity contribution in [1.82, 2.24) is 19.6 Å². The summed E-state index contributed by atoms with van der Waals surface area (Å²) in [5.41, 5.74) is 9.75. The number of rotatable bonds is 1. The van der Waals surface area contributed by atoms with Gasteiger partial charge in [-0.05, 0) is 0 Å². The highest BCUT2D eigenvalue weighted by molar-refractivity contribution is 5.60. The molecule has 0 radical (unpaired) electrons. The van der Waals surface area contributed by atoms with Gasteiger partial charge in [-0.25, -0.2) is 13.9 Å². The topological polar surface area (TPSA) is 145 Å². The smallest absolute Gasteiger partial charge is 0.240 e. The molecule has 2 aliphatic rings.